The van der Waals surface area contributed by atoms with E-state index < -0.39 is 23.5 Å². The summed E-state index contributed by atoms with van der Waals surface area (Å²) >= 11 is 0. The van der Waals surface area contributed by atoms with Gasteiger partial charge in [-0.25, -0.2) is 14.4 Å². The van der Waals surface area contributed by atoms with Gasteiger partial charge in [0.05, 0.1) is 0 Å². The molecule has 0 aromatic heterocycles. The highest BCUT2D eigenvalue weighted by atomic mass is 16.6. The van der Waals surface area contributed by atoms with Crippen LogP contribution in [0.4, 0.5) is 0 Å². The molecule has 0 amide bonds. The molecule has 0 aliphatic heterocycles. The number of rotatable bonds is 15. The summed E-state index contributed by atoms with van der Waals surface area (Å²) in [6.45, 7) is 5.34. The number of carbonyl (C=O) groups is 3. The normalized spacial score (nSPS) is 11.0. The highest BCUT2D eigenvalue weighted by Gasteiger charge is 2.50. The molecule has 0 atom stereocenters. The molecule has 138 valence electrons. The topological polar surface area (TPSA) is 101 Å². The molecule has 0 aromatic rings. The Bertz CT molecular complexity index is 402. The molecule has 0 heterocycles. The third-order valence-corrected chi connectivity index (χ3v) is 4.01. The van der Waals surface area contributed by atoms with Crippen molar-refractivity contribution in [2.24, 2.45) is 0 Å². The zero-order valence-electron chi connectivity index (χ0n) is 14.6. The second-order valence-corrected chi connectivity index (χ2v) is 5.99. The number of aliphatic carboxylic acids is 2. The maximum absolute atomic E-state index is 11.3. The Morgan fingerprint density at radius 2 is 1.29 bits per heavy atom. The average Bonchev–Trinajstić information content (AvgIpc) is 2.54. The molecule has 0 aliphatic rings. The van der Waals surface area contributed by atoms with Crippen LogP contribution in [0.5, 0.6) is 0 Å². The van der Waals surface area contributed by atoms with Crippen LogP contribution in [0.25, 0.3) is 0 Å². The first kappa shape index (κ1) is 22.1. The van der Waals surface area contributed by atoms with Gasteiger partial charge < -0.3 is 14.9 Å². The SMILES string of the molecule is C=CC(=O)OC(CCCCCCCCCCCC)(C(=O)O)C(=O)O. The Balaban J connectivity index is 4.16. The number of carboxylic acid groups (broad SMARTS) is 2. The number of carboxylic acids is 2. The van der Waals surface area contributed by atoms with E-state index in [9.17, 15) is 24.6 Å². The summed E-state index contributed by atoms with van der Waals surface area (Å²) in [7, 11) is 0. The van der Waals surface area contributed by atoms with Crippen LogP contribution in [-0.4, -0.2) is 33.7 Å². The highest BCUT2D eigenvalue weighted by Crippen LogP contribution is 2.22. The summed E-state index contributed by atoms with van der Waals surface area (Å²) in [5.41, 5.74) is -2.52. The Kier molecular flexibility index (Phi) is 11.6. The van der Waals surface area contributed by atoms with Crippen molar-refractivity contribution >= 4 is 17.9 Å². The van der Waals surface area contributed by atoms with Crippen LogP contribution in [0, 0.1) is 0 Å². The Labute approximate surface area is 143 Å². The van der Waals surface area contributed by atoms with Crippen molar-refractivity contribution in [1.82, 2.24) is 0 Å². The smallest absolute Gasteiger partial charge is 0.360 e. The number of esters is 1. The van der Waals surface area contributed by atoms with Gasteiger partial charge in [-0.1, -0.05) is 71.3 Å². The van der Waals surface area contributed by atoms with Gasteiger partial charge in [-0.05, 0) is 6.42 Å². The number of hydrogen-bond donors (Lipinski definition) is 2. The molecule has 6 nitrogen and oxygen atoms in total. The highest BCUT2D eigenvalue weighted by molar-refractivity contribution is 6.04. The molecular weight excluding hydrogens is 312 g/mol. The van der Waals surface area contributed by atoms with Gasteiger partial charge in [0.25, 0.3) is 0 Å². The summed E-state index contributed by atoms with van der Waals surface area (Å²) in [4.78, 5) is 33.9. The quantitative estimate of drug-likeness (QED) is 0.202. The van der Waals surface area contributed by atoms with E-state index in [2.05, 4.69) is 18.2 Å². The van der Waals surface area contributed by atoms with Gasteiger partial charge in [0.1, 0.15) is 0 Å². The molecule has 6 heteroatoms. The molecular formula is C18H30O6. The van der Waals surface area contributed by atoms with Crippen molar-refractivity contribution in [3.05, 3.63) is 12.7 Å². The maximum atomic E-state index is 11.3. The van der Waals surface area contributed by atoms with E-state index in [-0.39, 0.29) is 6.42 Å². The van der Waals surface area contributed by atoms with Crippen molar-refractivity contribution in [3.8, 4) is 0 Å². The number of hydrogen-bond acceptors (Lipinski definition) is 4. The van der Waals surface area contributed by atoms with Crippen molar-refractivity contribution in [2.75, 3.05) is 0 Å². The fraction of sp³-hybridized carbons (Fsp3) is 0.722. The predicted octanol–water partition coefficient (Wildman–Crippen LogP) is 3.93. The summed E-state index contributed by atoms with van der Waals surface area (Å²) < 4.78 is 4.64. The lowest BCUT2D eigenvalue weighted by molar-refractivity contribution is -0.189. The van der Waals surface area contributed by atoms with E-state index in [1.54, 1.807) is 0 Å². The van der Waals surface area contributed by atoms with E-state index in [1.807, 2.05) is 0 Å². The van der Waals surface area contributed by atoms with Crippen LogP contribution in [0.1, 0.15) is 77.6 Å². The van der Waals surface area contributed by atoms with Gasteiger partial charge in [0.15, 0.2) is 0 Å². The molecule has 0 spiro atoms. The van der Waals surface area contributed by atoms with Gasteiger partial charge in [-0.3, -0.25) is 0 Å². The van der Waals surface area contributed by atoms with E-state index in [4.69, 9.17) is 0 Å². The predicted molar refractivity (Wildman–Crippen MR) is 90.8 cm³/mol. The first-order valence-electron chi connectivity index (χ1n) is 8.73. The third-order valence-electron chi connectivity index (χ3n) is 4.01. The van der Waals surface area contributed by atoms with Gasteiger partial charge in [-0.15, -0.1) is 0 Å². The Morgan fingerprint density at radius 1 is 0.875 bits per heavy atom. The second kappa shape index (κ2) is 12.6. The average molecular weight is 342 g/mol. The molecule has 0 bridgehead atoms. The largest absolute Gasteiger partial charge is 0.478 e. The van der Waals surface area contributed by atoms with E-state index in [1.165, 1.54) is 32.1 Å². The summed E-state index contributed by atoms with van der Waals surface area (Å²) in [5.74, 6) is -4.38. The van der Waals surface area contributed by atoms with Gasteiger partial charge in [0, 0.05) is 12.5 Å². The van der Waals surface area contributed by atoms with Gasteiger partial charge >= 0.3 is 23.5 Å². The molecule has 0 saturated heterocycles. The Hall–Kier alpha value is -1.85. The zero-order valence-corrected chi connectivity index (χ0v) is 14.6. The molecule has 0 aliphatic carbocycles. The maximum Gasteiger partial charge on any atom is 0.360 e. The first-order chi connectivity index (χ1) is 11.4. The van der Waals surface area contributed by atoms with Crippen LogP contribution < -0.4 is 0 Å². The van der Waals surface area contributed by atoms with Crippen LogP contribution >= 0.6 is 0 Å². The molecule has 0 saturated carbocycles. The molecule has 0 aromatic carbocycles. The standard InChI is InChI=1S/C18H30O6/c1-3-5-6-7-8-9-10-11-12-13-14-18(16(20)21,17(22)23)24-15(19)4-2/h4H,2-3,5-14H2,1H3,(H,20,21)(H,22,23). The molecule has 0 radical (unpaired) electrons. The molecule has 24 heavy (non-hydrogen) atoms. The van der Waals surface area contributed by atoms with Gasteiger partial charge in [-0.2, -0.15) is 0 Å². The van der Waals surface area contributed by atoms with Crippen LogP contribution in [0.2, 0.25) is 0 Å². The third kappa shape index (κ3) is 8.13. The zero-order chi connectivity index (χ0) is 18.4. The van der Waals surface area contributed by atoms with E-state index in [0.717, 1.165) is 25.3 Å². The van der Waals surface area contributed by atoms with E-state index >= 15 is 0 Å². The molecule has 0 rings (SSSR count). The monoisotopic (exact) mass is 342 g/mol. The second-order valence-electron chi connectivity index (χ2n) is 5.99. The number of ether oxygens (including phenoxy) is 1. The first-order valence-corrected chi connectivity index (χ1v) is 8.73. The number of carbonyl (C=O) groups excluding carboxylic acids is 1. The van der Waals surface area contributed by atoms with Crippen LogP contribution in [0.3, 0.4) is 0 Å². The Morgan fingerprint density at radius 3 is 1.67 bits per heavy atom. The summed E-state index contributed by atoms with van der Waals surface area (Å²) in [6, 6.07) is 0. The van der Waals surface area contributed by atoms with Crippen molar-refractivity contribution in [1.29, 1.82) is 0 Å². The van der Waals surface area contributed by atoms with Gasteiger partial charge in [0.2, 0.25) is 0 Å². The summed E-state index contributed by atoms with van der Waals surface area (Å²) in [5, 5.41) is 18.4. The van der Waals surface area contributed by atoms with Crippen molar-refractivity contribution in [2.45, 2.75) is 83.2 Å². The van der Waals surface area contributed by atoms with Crippen molar-refractivity contribution in [3.63, 3.8) is 0 Å². The lowest BCUT2D eigenvalue weighted by atomic mass is 9.95. The minimum Gasteiger partial charge on any atom is -0.478 e. The van der Waals surface area contributed by atoms with Crippen LogP contribution in [0.15, 0.2) is 12.7 Å². The van der Waals surface area contributed by atoms with Crippen LogP contribution in [-0.2, 0) is 19.1 Å². The lowest BCUT2D eigenvalue weighted by Crippen LogP contribution is -2.50. The molecule has 2 N–H and O–H groups in total. The van der Waals surface area contributed by atoms with Crippen molar-refractivity contribution < 1.29 is 29.3 Å². The molecule has 0 unspecified atom stereocenters. The molecule has 0 fully saturated rings. The fourth-order valence-corrected chi connectivity index (χ4v) is 2.52. The summed E-state index contributed by atoms with van der Waals surface area (Å²) in [6.07, 6.45) is 10.9. The fourth-order valence-electron chi connectivity index (χ4n) is 2.52. The minimum atomic E-state index is -2.52. The lowest BCUT2D eigenvalue weighted by Gasteiger charge is -2.24. The minimum absolute atomic E-state index is 0.242. The number of unbranched alkanes of at least 4 members (excludes halogenated alkanes) is 9. The van der Waals surface area contributed by atoms with E-state index in [0.29, 0.717) is 12.8 Å².